The van der Waals surface area contributed by atoms with Gasteiger partial charge < -0.3 is 10.6 Å². The number of hydrogen-bond donors (Lipinski definition) is 1. The zero-order valence-electron chi connectivity index (χ0n) is 10.1. The molecule has 0 radical (unpaired) electrons. The summed E-state index contributed by atoms with van der Waals surface area (Å²) >= 11 is 0. The Kier molecular flexibility index (Phi) is 3.38. The Labute approximate surface area is 109 Å². The normalized spacial score (nSPS) is 15.6. The summed E-state index contributed by atoms with van der Waals surface area (Å²) in [5.74, 6) is 0. The van der Waals surface area contributed by atoms with Crippen molar-refractivity contribution in [3.8, 4) is 0 Å². The summed E-state index contributed by atoms with van der Waals surface area (Å²) < 4.78 is 37.9. The molecule has 0 saturated carbocycles. The number of nitrogens with zero attached hydrogens (tertiary/aromatic N) is 1. The molecule has 0 saturated heterocycles. The Bertz CT molecular complexity index is 539. The van der Waals surface area contributed by atoms with Gasteiger partial charge in [-0.05, 0) is 29.8 Å². The number of nitrogen functional groups attached to an aromatic ring is 1. The maximum Gasteiger partial charge on any atom is 0.417 e. The quantitative estimate of drug-likeness (QED) is 0.829. The van der Waals surface area contributed by atoms with Crippen molar-refractivity contribution in [1.82, 2.24) is 4.90 Å². The Morgan fingerprint density at radius 2 is 1.74 bits per heavy atom. The lowest BCUT2D eigenvalue weighted by Gasteiger charge is -2.26. The number of allylic oxidation sites excluding steroid dienone is 3. The molecule has 1 aliphatic rings. The summed E-state index contributed by atoms with van der Waals surface area (Å²) in [5.41, 5.74) is 6.88. The first-order valence-electron chi connectivity index (χ1n) is 5.63. The zero-order valence-corrected chi connectivity index (χ0v) is 10.1. The number of hydrogen-bond acceptors (Lipinski definition) is 2. The first-order chi connectivity index (χ1) is 8.86. The second kappa shape index (κ2) is 4.84. The highest BCUT2D eigenvalue weighted by atomic mass is 19.4. The molecule has 0 spiro atoms. The van der Waals surface area contributed by atoms with Crippen LogP contribution in [0.2, 0.25) is 0 Å². The largest absolute Gasteiger partial charge is 0.417 e. The summed E-state index contributed by atoms with van der Waals surface area (Å²) in [4.78, 5) is 1.47. The van der Waals surface area contributed by atoms with E-state index in [1.807, 2.05) is 0 Å². The maximum absolute atomic E-state index is 12.6. The van der Waals surface area contributed by atoms with Crippen molar-refractivity contribution in [2.45, 2.75) is 12.7 Å². The Hall–Kier alpha value is -2.17. The average Bonchev–Trinajstić information content (AvgIpc) is 2.33. The molecular weight excluding hydrogens is 253 g/mol. The van der Waals surface area contributed by atoms with Gasteiger partial charge >= 0.3 is 6.18 Å². The van der Waals surface area contributed by atoms with Gasteiger partial charge in [0.2, 0.25) is 0 Å². The third kappa shape index (κ3) is 3.19. The second-order valence-corrected chi connectivity index (χ2v) is 4.28. The molecule has 0 unspecified atom stereocenters. The van der Waals surface area contributed by atoms with E-state index >= 15 is 0 Å². The van der Waals surface area contributed by atoms with Crippen LogP contribution in [-0.2, 0) is 6.54 Å². The van der Waals surface area contributed by atoms with Crippen LogP contribution in [0.4, 0.5) is 18.9 Å². The lowest BCUT2D eigenvalue weighted by atomic mass is 10.1. The number of halogens is 3. The van der Waals surface area contributed by atoms with E-state index in [4.69, 9.17) is 5.73 Å². The third-order valence-corrected chi connectivity index (χ3v) is 2.78. The van der Waals surface area contributed by atoms with E-state index in [2.05, 4.69) is 6.58 Å². The van der Waals surface area contributed by atoms with Crippen molar-refractivity contribution in [3.63, 3.8) is 0 Å². The van der Waals surface area contributed by atoms with Crippen molar-refractivity contribution >= 4 is 5.69 Å². The van der Waals surface area contributed by atoms with E-state index < -0.39 is 11.7 Å². The summed E-state index contributed by atoms with van der Waals surface area (Å²) in [5, 5.41) is 0. The predicted octanol–water partition coefficient (Wildman–Crippen LogP) is 3.60. The van der Waals surface area contributed by atoms with Gasteiger partial charge in [-0.2, -0.15) is 13.2 Å². The molecular formula is C14H13F3N2. The zero-order chi connectivity index (χ0) is 14.0. The van der Waals surface area contributed by atoms with Crippen LogP contribution in [0.15, 0.2) is 60.5 Å². The average molecular weight is 266 g/mol. The minimum atomic E-state index is -4.35. The third-order valence-electron chi connectivity index (χ3n) is 2.78. The first-order valence-corrected chi connectivity index (χ1v) is 5.63. The summed E-state index contributed by atoms with van der Waals surface area (Å²) in [7, 11) is 0. The molecule has 1 aromatic carbocycles. The van der Waals surface area contributed by atoms with Crippen molar-refractivity contribution in [2.24, 2.45) is 0 Å². The second-order valence-electron chi connectivity index (χ2n) is 4.28. The fourth-order valence-corrected chi connectivity index (χ4v) is 1.71. The van der Waals surface area contributed by atoms with E-state index in [1.54, 1.807) is 24.3 Å². The van der Waals surface area contributed by atoms with Gasteiger partial charge in [0, 0.05) is 24.1 Å². The number of anilines is 1. The molecule has 0 fully saturated rings. The number of alkyl halides is 3. The Balaban J connectivity index is 2.19. The molecule has 100 valence electrons. The summed E-state index contributed by atoms with van der Waals surface area (Å²) in [6.07, 6.45) is -0.892. The topological polar surface area (TPSA) is 29.3 Å². The fraction of sp³-hybridized carbons (Fsp3) is 0.143. The molecule has 1 aromatic rings. The van der Waals surface area contributed by atoms with Crippen LogP contribution in [0.25, 0.3) is 0 Å². The van der Waals surface area contributed by atoms with E-state index in [1.165, 1.54) is 11.0 Å². The molecule has 19 heavy (non-hydrogen) atoms. The van der Waals surface area contributed by atoms with Crippen LogP contribution >= 0.6 is 0 Å². The van der Waals surface area contributed by atoms with Crippen molar-refractivity contribution in [1.29, 1.82) is 0 Å². The van der Waals surface area contributed by atoms with Crippen LogP contribution in [0.1, 0.15) is 5.56 Å². The minimum Gasteiger partial charge on any atom is -0.399 e. The van der Waals surface area contributed by atoms with Gasteiger partial charge in [-0.3, -0.25) is 0 Å². The molecule has 0 aromatic heterocycles. The monoisotopic (exact) mass is 266 g/mol. The molecule has 0 bridgehead atoms. The van der Waals surface area contributed by atoms with Crippen LogP contribution in [0.5, 0.6) is 0 Å². The van der Waals surface area contributed by atoms with Crippen LogP contribution in [-0.4, -0.2) is 11.1 Å². The van der Waals surface area contributed by atoms with Crippen molar-refractivity contribution in [3.05, 3.63) is 66.0 Å². The van der Waals surface area contributed by atoms with Crippen LogP contribution < -0.4 is 5.73 Å². The van der Waals surface area contributed by atoms with Crippen molar-refractivity contribution < 1.29 is 13.2 Å². The van der Waals surface area contributed by atoms with Gasteiger partial charge in [-0.25, -0.2) is 0 Å². The molecule has 2 rings (SSSR count). The van der Waals surface area contributed by atoms with Gasteiger partial charge in [-0.1, -0.05) is 18.7 Å². The molecule has 1 heterocycles. The summed E-state index contributed by atoms with van der Waals surface area (Å²) in [6.45, 7) is 4.05. The van der Waals surface area contributed by atoms with E-state index in [9.17, 15) is 13.2 Å². The van der Waals surface area contributed by atoms with Gasteiger partial charge in [0.15, 0.2) is 0 Å². The van der Waals surface area contributed by atoms with Gasteiger partial charge in [0.05, 0.1) is 5.57 Å². The predicted molar refractivity (Wildman–Crippen MR) is 68.8 cm³/mol. The fourth-order valence-electron chi connectivity index (χ4n) is 1.71. The first kappa shape index (κ1) is 13.3. The standard InChI is InChI=1S/C14H13F3N2/c1-10-2-5-12(14(15,16)17)9-19(10)8-11-3-6-13(18)7-4-11/h2-7,9H,1,8,18H2. The lowest BCUT2D eigenvalue weighted by Crippen LogP contribution is -2.22. The molecule has 1 aliphatic heterocycles. The van der Waals surface area contributed by atoms with Crippen LogP contribution in [0.3, 0.4) is 0 Å². The number of benzene rings is 1. The minimum absolute atomic E-state index is 0.322. The highest BCUT2D eigenvalue weighted by Gasteiger charge is 2.33. The van der Waals surface area contributed by atoms with Crippen LogP contribution in [0, 0.1) is 0 Å². The van der Waals surface area contributed by atoms with E-state index in [0.717, 1.165) is 17.8 Å². The number of nitrogens with two attached hydrogens (primary N) is 1. The summed E-state index contributed by atoms with van der Waals surface area (Å²) in [6, 6.07) is 6.99. The SMILES string of the molecule is C=C1C=CC(C(F)(F)F)=CN1Cc1ccc(N)cc1. The van der Waals surface area contributed by atoms with Gasteiger partial charge in [0.25, 0.3) is 0 Å². The highest BCUT2D eigenvalue weighted by Crippen LogP contribution is 2.31. The van der Waals surface area contributed by atoms with Gasteiger partial charge in [-0.15, -0.1) is 0 Å². The molecule has 5 heteroatoms. The Morgan fingerprint density at radius 1 is 1.11 bits per heavy atom. The molecule has 0 atom stereocenters. The number of rotatable bonds is 2. The van der Waals surface area contributed by atoms with Gasteiger partial charge in [0.1, 0.15) is 0 Å². The Morgan fingerprint density at radius 3 is 2.32 bits per heavy atom. The maximum atomic E-state index is 12.6. The van der Waals surface area contributed by atoms with Crippen molar-refractivity contribution in [2.75, 3.05) is 5.73 Å². The lowest BCUT2D eigenvalue weighted by molar-refractivity contribution is -0.0893. The molecule has 0 aliphatic carbocycles. The van der Waals surface area contributed by atoms with E-state index in [0.29, 0.717) is 17.9 Å². The highest BCUT2D eigenvalue weighted by molar-refractivity contribution is 5.40. The smallest absolute Gasteiger partial charge is 0.399 e. The molecule has 2 nitrogen and oxygen atoms in total. The molecule has 0 amide bonds. The van der Waals surface area contributed by atoms with E-state index in [-0.39, 0.29) is 0 Å². The molecule has 2 N–H and O–H groups in total.